The molecular formula is C19H24N2. The summed E-state index contributed by atoms with van der Waals surface area (Å²) in [6, 6.07) is 9.04. The topological polar surface area (TPSA) is 28.7 Å². The second kappa shape index (κ2) is 5.51. The lowest BCUT2D eigenvalue weighted by atomic mass is 10.0. The first kappa shape index (κ1) is 14.1. The molecule has 0 aliphatic heterocycles. The van der Waals surface area contributed by atoms with Crippen LogP contribution in [0.3, 0.4) is 0 Å². The third-order valence-electron chi connectivity index (χ3n) is 3.87. The van der Waals surface area contributed by atoms with Crippen molar-refractivity contribution in [2.75, 3.05) is 0 Å². The molecule has 2 heteroatoms. The largest absolute Gasteiger partial charge is 0.353 e. The van der Waals surface area contributed by atoms with Gasteiger partial charge in [-0.2, -0.15) is 0 Å². The fraction of sp³-hybridized carbons (Fsp3) is 0.421. The van der Waals surface area contributed by atoms with Crippen molar-refractivity contribution in [3.05, 3.63) is 41.7 Å². The van der Waals surface area contributed by atoms with Crippen LogP contribution in [0.25, 0.3) is 21.8 Å². The van der Waals surface area contributed by atoms with Gasteiger partial charge in [-0.25, -0.2) is 0 Å². The van der Waals surface area contributed by atoms with Crippen molar-refractivity contribution in [2.45, 2.75) is 40.5 Å². The lowest BCUT2D eigenvalue weighted by Gasteiger charge is -2.05. The van der Waals surface area contributed by atoms with Crippen LogP contribution in [0.4, 0.5) is 0 Å². The molecule has 3 aromatic rings. The lowest BCUT2D eigenvalue weighted by molar-refractivity contribution is 0.636. The van der Waals surface area contributed by atoms with Crippen molar-refractivity contribution in [1.29, 1.82) is 0 Å². The third kappa shape index (κ3) is 2.94. The van der Waals surface area contributed by atoms with Crippen molar-refractivity contribution in [3.63, 3.8) is 0 Å². The molecule has 0 amide bonds. The van der Waals surface area contributed by atoms with E-state index in [0.717, 1.165) is 18.4 Å². The molecule has 0 fully saturated rings. The molecule has 110 valence electrons. The predicted molar refractivity (Wildman–Crippen MR) is 90.7 cm³/mol. The molecule has 0 aliphatic rings. The Morgan fingerprint density at radius 3 is 2.33 bits per heavy atom. The minimum Gasteiger partial charge on any atom is -0.353 e. The van der Waals surface area contributed by atoms with E-state index in [1.165, 1.54) is 27.5 Å². The van der Waals surface area contributed by atoms with E-state index in [1.54, 1.807) is 0 Å². The quantitative estimate of drug-likeness (QED) is 0.706. The van der Waals surface area contributed by atoms with Gasteiger partial charge in [-0.1, -0.05) is 33.8 Å². The van der Waals surface area contributed by atoms with Crippen molar-refractivity contribution >= 4 is 21.8 Å². The molecule has 1 aromatic carbocycles. The van der Waals surface area contributed by atoms with E-state index in [0.29, 0.717) is 11.8 Å². The highest BCUT2D eigenvalue weighted by atomic mass is 14.8. The number of nitrogens with one attached hydrogen (secondary N) is 1. The SMILES string of the molecule is CC(C)Cc1ccc2[nH]c3cnc(CC(C)C)cc3c2c1. The zero-order valence-corrected chi connectivity index (χ0v) is 13.4. The van der Waals surface area contributed by atoms with Gasteiger partial charge in [-0.05, 0) is 48.4 Å². The first-order chi connectivity index (χ1) is 10.0. The first-order valence-corrected chi connectivity index (χ1v) is 7.92. The molecule has 0 saturated heterocycles. The van der Waals surface area contributed by atoms with Gasteiger partial charge < -0.3 is 4.98 Å². The van der Waals surface area contributed by atoms with Gasteiger partial charge in [-0.3, -0.25) is 4.98 Å². The summed E-state index contributed by atoms with van der Waals surface area (Å²) in [6.45, 7) is 9.01. The summed E-state index contributed by atoms with van der Waals surface area (Å²) in [5.74, 6) is 1.32. The van der Waals surface area contributed by atoms with E-state index in [2.05, 4.69) is 61.9 Å². The minimum absolute atomic E-state index is 0.636. The number of nitrogens with zero attached hydrogens (tertiary/aromatic N) is 1. The number of pyridine rings is 1. The summed E-state index contributed by atoms with van der Waals surface area (Å²) in [7, 11) is 0. The van der Waals surface area contributed by atoms with Gasteiger partial charge in [-0.15, -0.1) is 0 Å². The Hall–Kier alpha value is -1.83. The molecule has 3 rings (SSSR count). The molecular weight excluding hydrogens is 256 g/mol. The van der Waals surface area contributed by atoms with Gasteiger partial charge in [0.25, 0.3) is 0 Å². The summed E-state index contributed by atoms with van der Waals surface area (Å²) >= 11 is 0. The van der Waals surface area contributed by atoms with E-state index in [-0.39, 0.29) is 0 Å². The molecule has 2 nitrogen and oxygen atoms in total. The van der Waals surface area contributed by atoms with Crippen LogP contribution in [0.2, 0.25) is 0 Å². The molecule has 2 heterocycles. The Morgan fingerprint density at radius 1 is 0.905 bits per heavy atom. The zero-order chi connectivity index (χ0) is 15.0. The lowest BCUT2D eigenvalue weighted by Crippen LogP contribution is -1.96. The van der Waals surface area contributed by atoms with Gasteiger partial charge in [0.05, 0.1) is 11.7 Å². The number of fused-ring (bicyclic) bond motifs is 3. The smallest absolute Gasteiger partial charge is 0.0651 e. The summed E-state index contributed by atoms with van der Waals surface area (Å²) in [5.41, 5.74) is 4.95. The van der Waals surface area contributed by atoms with E-state index in [9.17, 15) is 0 Å². The molecule has 2 aromatic heterocycles. The molecule has 0 radical (unpaired) electrons. The minimum atomic E-state index is 0.636. The average Bonchev–Trinajstić information content (AvgIpc) is 2.75. The van der Waals surface area contributed by atoms with Crippen LogP contribution in [0.5, 0.6) is 0 Å². The Morgan fingerprint density at radius 2 is 1.62 bits per heavy atom. The van der Waals surface area contributed by atoms with Crippen LogP contribution in [0, 0.1) is 11.8 Å². The van der Waals surface area contributed by atoms with Crippen molar-refractivity contribution < 1.29 is 0 Å². The highest BCUT2D eigenvalue weighted by molar-refractivity contribution is 6.07. The molecule has 1 N–H and O–H groups in total. The Labute approximate surface area is 126 Å². The summed E-state index contributed by atoms with van der Waals surface area (Å²) in [5, 5.41) is 2.64. The fourth-order valence-corrected chi connectivity index (χ4v) is 3.02. The van der Waals surface area contributed by atoms with E-state index >= 15 is 0 Å². The summed E-state index contributed by atoms with van der Waals surface area (Å²) in [4.78, 5) is 8.06. The summed E-state index contributed by atoms with van der Waals surface area (Å²) < 4.78 is 0. The Kier molecular flexibility index (Phi) is 3.71. The number of H-pyrrole nitrogens is 1. The number of hydrogen-bond donors (Lipinski definition) is 1. The predicted octanol–water partition coefficient (Wildman–Crippen LogP) is 5.11. The van der Waals surface area contributed by atoms with Crippen molar-refractivity contribution in [2.24, 2.45) is 11.8 Å². The Bertz CT molecular complexity index is 701. The van der Waals surface area contributed by atoms with Crippen LogP contribution in [-0.2, 0) is 12.8 Å². The normalized spacial score (nSPS) is 12.1. The van der Waals surface area contributed by atoms with E-state index in [4.69, 9.17) is 0 Å². The van der Waals surface area contributed by atoms with Crippen LogP contribution in [0.1, 0.15) is 39.0 Å². The van der Waals surface area contributed by atoms with Gasteiger partial charge in [0.2, 0.25) is 0 Å². The molecule has 0 saturated carbocycles. The highest BCUT2D eigenvalue weighted by Gasteiger charge is 2.08. The van der Waals surface area contributed by atoms with Crippen LogP contribution >= 0.6 is 0 Å². The first-order valence-electron chi connectivity index (χ1n) is 7.92. The number of rotatable bonds is 4. The molecule has 21 heavy (non-hydrogen) atoms. The zero-order valence-electron chi connectivity index (χ0n) is 13.4. The number of hydrogen-bond acceptors (Lipinski definition) is 1. The Balaban J connectivity index is 2.11. The maximum atomic E-state index is 4.58. The number of aromatic amines is 1. The van der Waals surface area contributed by atoms with Gasteiger partial charge in [0, 0.05) is 22.0 Å². The highest BCUT2D eigenvalue weighted by Crippen LogP contribution is 2.27. The molecule has 0 atom stereocenters. The standard InChI is InChI=1S/C19H24N2/c1-12(2)7-14-5-6-18-16(9-14)17-10-15(8-13(3)4)20-11-19(17)21-18/h5-6,9-13,21H,7-8H2,1-4H3. The maximum Gasteiger partial charge on any atom is 0.0651 e. The van der Waals surface area contributed by atoms with Gasteiger partial charge in [0.15, 0.2) is 0 Å². The fourth-order valence-electron chi connectivity index (χ4n) is 3.02. The average molecular weight is 280 g/mol. The van der Waals surface area contributed by atoms with E-state index in [1.807, 2.05) is 6.20 Å². The van der Waals surface area contributed by atoms with Crippen LogP contribution in [0.15, 0.2) is 30.5 Å². The maximum absolute atomic E-state index is 4.58. The second-order valence-corrected chi connectivity index (χ2v) is 6.92. The summed E-state index contributed by atoms with van der Waals surface area (Å²) in [6.07, 6.45) is 4.15. The molecule has 0 unspecified atom stereocenters. The van der Waals surface area contributed by atoms with Crippen molar-refractivity contribution in [3.8, 4) is 0 Å². The molecule has 0 bridgehead atoms. The second-order valence-electron chi connectivity index (χ2n) is 6.92. The molecule has 0 spiro atoms. The van der Waals surface area contributed by atoms with Crippen LogP contribution < -0.4 is 0 Å². The van der Waals surface area contributed by atoms with Gasteiger partial charge >= 0.3 is 0 Å². The van der Waals surface area contributed by atoms with Crippen LogP contribution in [-0.4, -0.2) is 9.97 Å². The van der Waals surface area contributed by atoms with Crippen molar-refractivity contribution in [1.82, 2.24) is 9.97 Å². The van der Waals surface area contributed by atoms with E-state index < -0.39 is 0 Å². The number of aromatic nitrogens is 2. The number of benzene rings is 1. The molecule has 0 aliphatic carbocycles. The third-order valence-corrected chi connectivity index (χ3v) is 3.87. The monoisotopic (exact) mass is 280 g/mol. The van der Waals surface area contributed by atoms with Gasteiger partial charge in [0.1, 0.15) is 0 Å².